The van der Waals surface area contributed by atoms with E-state index in [2.05, 4.69) is 10.1 Å². The summed E-state index contributed by atoms with van der Waals surface area (Å²) in [7, 11) is 0. The minimum atomic E-state index is -0.636. The van der Waals surface area contributed by atoms with E-state index < -0.39 is 12.2 Å². The summed E-state index contributed by atoms with van der Waals surface area (Å²) in [5.41, 5.74) is 0. The first-order valence-electron chi connectivity index (χ1n) is 5.16. The first kappa shape index (κ1) is 10.5. The fourth-order valence-electron chi connectivity index (χ4n) is 1.85. The van der Waals surface area contributed by atoms with E-state index in [9.17, 15) is 10.2 Å². The number of aryl methyl sites for hydroxylation is 1. The van der Waals surface area contributed by atoms with Crippen LogP contribution in [0.25, 0.3) is 0 Å². The summed E-state index contributed by atoms with van der Waals surface area (Å²) in [5.74, 6) is 0.874. The van der Waals surface area contributed by atoms with Crippen LogP contribution in [0.4, 0.5) is 0 Å². The number of rotatable bonds is 3. The van der Waals surface area contributed by atoms with Crippen molar-refractivity contribution in [3.63, 3.8) is 0 Å². The Morgan fingerprint density at radius 2 is 2.07 bits per heavy atom. The maximum absolute atomic E-state index is 9.39. The van der Waals surface area contributed by atoms with E-state index in [1.807, 2.05) is 16.5 Å². The molecule has 0 unspecified atom stereocenters. The van der Waals surface area contributed by atoms with Crippen molar-refractivity contribution in [3.8, 4) is 0 Å². The van der Waals surface area contributed by atoms with Gasteiger partial charge in [0.1, 0.15) is 12.2 Å². The van der Waals surface area contributed by atoms with Crippen LogP contribution in [0.15, 0.2) is 6.33 Å². The van der Waals surface area contributed by atoms with Gasteiger partial charge in [-0.2, -0.15) is 5.10 Å². The number of β-amino-alcohol motifs (C(OH)–C–C–N with tert-alkyl or cyclic N) is 2. The lowest BCUT2D eigenvalue weighted by Crippen LogP contribution is -2.23. The topological polar surface area (TPSA) is 74.4 Å². The third kappa shape index (κ3) is 2.17. The molecule has 0 saturated carbocycles. The molecule has 84 valence electrons. The summed E-state index contributed by atoms with van der Waals surface area (Å²) in [5, 5.41) is 22.8. The molecule has 15 heavy (non-hydrogen) atoms. The lowest BCUT2D eigenvalue weighted by molar-refractivity contribution is 0.0572. The van der Waals surface area contributed by atoms with Crippen molar-refractivity contribution in [1.82, 2.24) is 19.7 Å². The number of nitrogens with zero attached hydrogens (tertiary/aromatic N) is 4. The van der Waals surface area contributed by atoms with Gasteiger partial charge < -0.3 is 10.2 Å². The molecule has 2 rings (SSSR count). The van der Waals surface area contributed by atoms with Crippen molar-refractivity contribution < 1.29 is 10.2 Å². The number of hydrogen-bond donors (Lipinski definition) is 2. The molecule has 6 heteroatoms. The summed E-state index contributed by atoms with van der Waals surface area (Å²) in [6, 6.07) is 0. The van der Waals surface area contributed by atoms with Crippen LogP contribution >= 0.6 is 0 Å². The van der Waals surface area contributed by atoms with E-state index in [-0.39, 0.29) is 0 Å². The van der Waals surface area contributed by atoms with Crippen LogP contribution in [0.5, 0.6) is 0 Å². The van der Waals surface area contributed by atoms with Crippen molar-refractivity contribution >= 4 is 0 Å². The highest BCUT2D eigenvalue weighted by Gasteiger charge is 2.29. The first-order valence-corrected chi connectivity index (χ1v) is 5.16. The normalized spacial score (nSPS) is 27.4. The number of aromatic nitrogens is 3. The third-order valence-electron chi connectivity index (χ3n) is 2.69. The molecule has 0 aliphatic carbocycles. The van der Waals surface area contributed by atoms with E-state index in [4.69, 9.17) is 0 Å². The highest BCUT2D eigenvalue weighted by Crippen LogP contribution is 2.12. The van der Waals surface area contributed by atoms with Gasteiger partial charge in [0.15, 0.2) is 0 Å². The van der Waals surface area contributed by atoms with Crippen LogP contribution in [0.2, 0.25) is 0 Å². The number of hydrogen-bond acceptors (Lipinski definition) is 5. The van der Waals surface area contributed by atoms with Crippen molar-refractivity contribution in [2.24, 2.45) is 0 Å². The molecule has 0 aromatic carbocycles. The van der Waals surface area contributed by atoms with Crippen LogP contribution in [-0.2, 0) is 13.1 Å². The van der Waals surface area contributed by atoms with Crippen LogP contribution < -0.4 is 0 Å². The number of aliphatic hydroxyl groups excluding tert-OH is 2. The average molecular weight is 212 g/mol. The quantitative estimate of drug-likeness (QED) is 0.661. The summed E-state index contributed by atoms with van der Waals surface area (Å²) >= 11 is 0. The molecule has 2 N–H and O–H groups in total. The largest absolute Gasteiger partial charge is 0.389 e. The van der Waals surface area contributed by atoms with E-state index in [1.165, 1.54) is 6.33 Å². The van der Waals surface area contributed by atoms with Crippen molar-refractivity contribution in [2.75, 3.05) is 13.1 Å². The second-order valence-corrected chi connectivity index (χ2v) is 3.82. The Kier molecular flexibility index (Phi) is 2.99. The smallest absolute Gasteiger partial charge is 0.140 e. The molecule has 1 aliphatic rings. The van der Waals surface area contributed by atoms with E-state index >= 15 is 0 Å². The summed E-state index contributed by atoms with van der Waals surface area (Å²) in [4.78, 5) is 6.13. The molecule has 1 saturated heterocycles. The minimum absolute atomic E-state index is 0.498. The molecule has 6 nitrogen and oxygen atoms in total. The number of aliphatic hydroxyl groups is 2. The SMILES string of the molecule is CCn1ncnc1CN1C[C@@H](O)[C@@H](O)C1. The van der Waals surface area contributed by atoms with Crippen LogP contribution in [-0.4, -0.2) is 55.2 Å². The summed E-state index contributed by atoms with van der Waals surface area (Å²) in [6.07, 6.45) is 0.257. The Labute approximate surface area is 88.2 Å². The first-order chi connectivity index (χ1) is 7.20. The molecule has 2 atom stereocenters. The van der Waals surface area contributed by atoms with Gasteiger partial charge >= 0.3 is 0 Å². The summed E-state index contributed by atoms with van der Waals surface area (Å²) in [6.45, 7) is 4.41. The molecule has 0 radical (unpaired) electrons. The van der Waals surface area contributed by atoms with Gasteiger partial charge in [-0.15, -0.1) is 0 Å². The Bertz CT molecular complexity index is 318. The Hall–Kier alpha value is -0.980. The van der Waals surface area contributed by atoms with Crippen molar-refractivity contribution in [3.05, 3.63) is 12.2 Å². The molecule has 1 aliphatic heterocycles. The van der Waals surface area contributed by atoms with Gasteiger partial charge in [-0.25, -0.2) is 9.67 Å². The van der Waals surface area contributed by atoms with Gasteiger partial charge in [0.05, 0.1) is 18.8 Å². The van der Waals surface area contributed by atoms with E-state index in [1.54, 1.807) is 0 Å². The molecule has 1 aromatic rings. The van der Waals surface area contributed by atoms with Crippen LogP contribution in [0.3, 0.4) is 0 Å². The third-order valence-corrected chi connectivity index (χ3v) is 2.69. The molecule has 2 heterocycles. The average Bonchev–Trinajstić information content (AvgIpc) is 2.75. The second kappa shape index (κ2) is 4.26. The van der Waals surface area contributed by atoms with Gasteiger partial charge in [-0.3, -0.25) is 4.90 Å². The van der Waals surface area contributed by atoms with Crippen molar-refractivity contribution in [1.29, 1.82) is 0 Å². The van der Waals surface area contributed by atoms with Crippen LogP contribution in [0, 0.1) is 0 Å². The lowest BCUT2D eigenvalue weighted by Gasteiger charge is -2.13. The molecular weight excluding hydrogens is 196 g/mol. The van der Waals surface area contributed by atoms with Gasteiger partial charge in [0.25, 0.3) is 0 Å². The van der Waals surface area contributed by atoms with E-state index in [0.29, 0.717) is 19.6 Å². The maximum atomic E-state index is 9.39. The van der Waals surface area contributed by atoms with Gasteiger partial charge in [0.2, 0.25) is 0 Å². The zero-order chi connectivity index (χ0) is 10.8. The number of likely N-dealkylation sites (tertiary alicyclic amines) is 1. The molecular formula is C9H16N4O2. The standard InChI is InChI=1S/C9H16N4O2/c1-2-13-9(10-6-11-13)5-12-3-7(14)8(15)4-12/h6-8,14-15H,2-5H2,1H3/t7-,8+. The minimum Gasteiger partial charge on any atom is -0.389 e. The molecule has 1 aromatic heterocycles. The van der Waals surface area contributed by atoms with Gasteiger partial charge in [-0.05, 0) is 6.92 Å². The fraction of sp³-hybridized carbons (Fsp3) is 0.778. The van der Waals surface area contributed by atoms with Crippen molar-refractivity contribution in [2.45, 2.75) is 32.2 Å². The Balaban J connectivity index is 1.98. The maximum Gasteiger partial charge on any atom is 0.140 e. The highest BCUT2D eigenvalue weighted by molar-refractivity contribution is 4.90. The molecule has 1 fully saturated rings. The predicted molar refractivity (Wildman–Crippen MR) is 53.0 cm³/mol. The molecule has 0 amide bonds. The second-order valence-electron chi connectivity index (χ2n) is 3.82. The van der Waals surface area contributed by atoms with Crippen LogP contribution in [0.1, 0.15) is 12.7 Å². The lowest BCUT2D eigenvalue weighted by atomic mass is 10.3. The fourth-order valence-corrected chi connectivity index (χ4v) is 1.85. The summed E-state index contributed by atoms with van der Waals surface area (Å²) < 4.78 is 1.82. The monoisotopic (exact) mass is 212 g/mol. The zero-order valence-corrected chi connectivity index (χ0v) is 8.74. The Morgan fingerprint density at radius 3 is 2.67 bits per heavy atom. The zero-order valence-electron chi connectivity index (χ0n) is 8.74. The predicted octanol–water partition coefficient (Wildman–Crippen LogP) is -1.16. The highest BCUT2D eigenvalue weighted by atomic mass is 16.3. The van der Waals surface area contributed by atoms with Gasteiger partial charge in [0, 0.05) is 19.6 Å². The van der Waals surface area contributed by atoms with Gasteiger partial charge in [-0.1, -0.05) is 0 Å². The van der Waals surface area contributed by atoms with E-state index in [0.717, 1.165) is 12.4 Å². The Morgan fingerprint density at radius 1 is 1.40 bits per heavy atom. The molecule has 0 spiro atoms. The molecule has 0 bridgehead atoms.